The molecule has 86 valence electrons. The third-order valence-electron chi connectivity index (χ3n) is 3.67. The van der Waals surface area contributed by atoms with E-state index in [2.05, 4.69) is 10.1 Å². The number of rotatable bonds is 0. The lowest BCUT2D eigenvalue weighted by Gasteiger charge is -2.09. The van der Waals surface area contributed by atoms with Gasteiger partial charge in [0.05, 0.1) is 10.9 Å². The summed E-state index contributed by atoms with van der Waals surface area (Å²) in [5.74, 6) is 0. The second kappa shape index (κ2) is 3.00. The van der Waals surface area contributed by atoms with Crippen LogP contribution >= 0.6 is 0 Å². The highest BCUT2D eigenvalue weighted by Crippen LogP contribution is 2.32. The molecule has 0 unspecified atom stereocenters. The molecule has 2 heterocycles. The van der Waals surface area contributed by atoms with Gasteiger partial charge >= 0.3 is 0 Å². The quantitative estimate of drug-likeness (QED) is 0.620. The third kappa shape index (κ3) is 1.08. The summed E-state index contributed by atoms with van der Waals surface area (Å²) >= 11 is 0. The molecule has 0 amide bonds. The molecule has 0 saturated heterocycles. The van der Waals surface area contributed by atoms with E-state index in [-0.39, 0.29) is 0 Å². The van der Waals surface area contributed by atoms with Gasteiger partial charge < -0.3 is 4.98 Å². The Balaban J connectivity index is 2.24. The van der Waals surface area contributed by atoms with Crippen LogP contribution in [0.5, 0.6) is 0 Å². The van der Waals surface area contributed by atoms with Crippen molar-refractivity contribution in [1.29, 1.82) is 0 Å². The molecule has 4 rings (SSSR count). The van der Waals surface area contributed by atoms with E-state index in [9.17, 15) is 4.91 Å². The molecule has 0 saturated carbocycles. The molecule has 0 radical (unpaired) electrons. The maximum atomic E-state index is 11.4. The zero-order chi connectivity index (χ0) is 11.4. The van der Waals surface area contributed by atoms with Gasteiger partial charge in [0.15, 0.2) is 4.60 Å². The lowest BCUT2D eigenvalue weighted by atomic mass is 9.95. The molecule has 1 aliphatic carbocycles. The minimum Gasteiger partial charge on any atom is -0.358 e. The Morgan fingerprint density at radius 3 is 3.06 bits per heavy atom. The van der Waals surface area contributed by atoms with Crippen LogP contribution in [-0.4, -0.2) is 10.1 Å². The van der Waals surface area contributed by atoms with Crippen molar-refractivity contribution in [3.8, 4) is 0 Å². The Kier molecular flexibility index (Phi) is 1.59. The summed E-state index contributed by atoms with van der Waals surface area (Å²) in [7, 11) is 0. The molecule has 1 aliphatic rings. The summed E-state index contributed by atoms with van der Waals surface area (Å²) in [6, 6.07) is 3.74. The van der Waals surface area contributed by atoms with Gasteiger partial charge in [-0.3, -0.25) is 0 Å². The number of aryl methyl sites for hydroxylation is 2. The molecule has 0 bridgehead atoms. The molecule has 17 heavy (non-hydrogen) atoms. The van der Waals surface area contributed by atoms with E-state index in [1.165, 1.54) is 24.1 Å². The van der Waals surface area contributed by atoms with Crippen LogP contribution in [0.4, 0.5) is 0 Å². The van der Waals surface area contributed by atoms with Crippen LogP contribution in [0.25, 0.3) is 21.9 Å². The van der Waals surface area contributed by atoms with Crippen LogP contribution in [0.2, 0.25) is 0 Å². The third-order valence-corrected chi connectivity index (χ3v) is 3.67. The van der Waals surface area contributed by atoms with Crippen LogP contribution < -0.4 is 4.60 Å². The molecule has 0 atom stereocenters. The maximum Gasteiger partial charge on any atom is 0.273 e. The molecular formula is C12H12N3O2+. The first-order chi connectivity index (χ1) is 8.34. The molecule has 0 fully saturated rings. The Morgan fingerprint density at radius 1 is 1.24 bits per heavy atom. The van der Waals surface area contributed by atoms with Crippen LogP contribution in [0, 0.1) is 4.91 Å². The van der Waals surface area contributed by atoms with Gasteiger partial charge in [-0.05, 0) is 42.2 Å². The molecular weight excluding hydrogens is 218 g/mol. The Labute approximate surface area is 95.9 Å². The normalized spacial score (nSPS) is 15.5. The second-order valence-corrected chi connectivity index (χ2v) is 4.62. The fourth-order valence-corrected chi connectivity index (χ4v) is 2.88. The minimum atomic E-state index is 0.525. The number of benzene rings is 1. The zero-order valence-corrected chi connectivity index (χ0v) is 9.25. The van der Waals surface area contributed by atoms with Crippen LogP contribution in [0.15, 0.2) is 16.8 Å². The van der Waals surface area contributed by atoms with Gasteiger partial charge in [-0.25, -0.2) is 0 Å². The molecule has 5 nitrogen and oxygen atoms in total. The Hall–Kier alpha value is -2.04. The molecule has 1 aromatic carbocycles. The van der Waals surface area contributed by atoms with E-state index in [1.807, 2.05) is 6.07 Å². The predicted octanol–water partition coefficient (Wildman–Crippen LogP) is 2.04. The van der Waals surface area contributed by atoms with Crippen molar-refractivity contribution in [2.45, 2.75) is 25.7 Å². The average Bonchev–Trinajstić information content (AvgIpc) is 2.90. The van der Waals surface area contributed by atoms with Crippen LogP contribution in [0.1, 0.15) is 24.1 Å². The summed E-state index contributed by atoms with van der Waals surface area (Å²) in [5.41, 5.74) is 5.10. The number of aromatic amines is 2. The van der Waals surface area contributed by atoms with E-state index >= 15 is 0 Å². The molecule has 3 aromatic rings. The fourth-order valence-electron chi connectivity index (χ4n) is 2.88. The summed E-state index contributed by atoms with van der Waals surface area (Å²) in [6.45, 7) is 0. The number of hydrogen-bond donors (Lipinski definition) is 2. The number of aromatic nitrogens is 3. The van der Waals surface area contributed by atoms with E-state index in [0.717, 1.165) is 29.3 Å². The average molecular weight is 230 g/mol. The molecule has 0 aliphatic heterocycles. The number of nitrogens with one attached hydrogen (secondary N) is 2. The van der Waals surface area contributed by atoms with Crippen molar-refractivity contribution >= 4 is 21.9 Å². The van der Waals surface area contributed by atoms with E-state index in [1.54, 1.807) is 6.07 Å². The zero-order valence-electron chi connectivity index (χ0n) is 9.25. The van der Waals surface area contributed by atoms with Crippen molar-refractivity contribution in [3.63, 3.8) is 0 Å². The number of H-pyrrole nitrogens is 2. The van der Waals surface area contributed by atoms with Crippen molar-refractivity contribution in [2.24, 2.45) is 0 Å². The van der Waals surface area contributed by atoms with Gasteiger partial charge in [-0.1, -0.05) is 9.79 Å². The standard InChI is InChI=1S/C12H12N3O2/c16-15-10-6-5-9-11(12(10)14-17-15)7-3-1-2-4-8(7)13-9/h5-6,13-14H,1-4H2/q+1. The van der Waals surface area contributed by atoms with Crippen LogP contribution in [0.3, 0.4) is 0 Å². The van der Waals surface area contributed by atoms with Gasteiger partial charge in [0, 0.05) is 11.8 Å². The van der Waals surface area contributed by atoms with Crippen LogP contribution in [-0.2, 0) is 12.8 Å². The summed E-state index contributed by atoms with van der Waals surface area (Å²) in [4.78, 5) is 14.9. The summed E-state index contributed by atoms with van der Waals surface area (Å²) in [6.07, 6.45) is 4.62. The van der Waals surface area contributed by atoms with Crippen molar-refractivity contribution in [3.05, 3.63) is 28.3 Å². The van der Waals surface area contributed by atoms with Gasteiger partial charge in [0.1, 0.15) is 0 Å². The lowest BCUT2D eigenvalue weighted by molar-refractivity contribution is -0.692. The van der Waals surface area contributed by atoms with Crippen molar-refractivity contribution in [1.82, 2.24) is 10.1 Å². The fraction of sp³-hybridized carbons (Fsp3) is 0.333. The monoisotopic (exact) mass is 230 g/mol. The van der Waals surface area contributed by atoms with Gasteiger partial charge in [-0.15, -0.1) is 0 Å². The minimum absolute atomic E-state index is 0.525. The molecule has 0 spiro atoms. The van der Waals surface area contributed by atoms with E-state index in [0.29, 0.717) is 10.1 Å². The van der Waals surface area contributed by atoms with E-state index in [4.69, 9.17) is 4.63 Å². The van der Waals surface area contributed by atoms with Crippen molar-refractivity contribution < 1.29 is 9.23 Å². The van der Waals surface area contributed by atoms with Gasteiger partial charge in [0.2, 0.25) is 5.52 Å². The van der Waals surface area contributed by atoms with Gasteiger partial charge in [-0.2, -0.15) is 0 Å². The SMILES string of the molecule is O=[n+]1o[nH]c2c3c4c([nH]c3ccc21)CCCC4. The predicted molar refractivity (Wildman–Crippen MR) is 62.4 cm³/mol. The molecule has 2 aromatic heterocycles. The highest BCUT2D eigenvalue weighted by Gasteiger charge is 2.22. The van der Waals surface area contributed by atoms with E-state index < -0.39 is 0 Å². The summed E-state index contributed by atoms with van der Waals surface area (Å²) in [5, 5.41) is 3.84. The second-order valence-electron chi connectivity index (χ2n) is 4.62. The number of nitrogens with zero attached hydrogens (tertiary/aromatic N) is 1. The van der Waals surface area contributed by atoms with Crippen molar-refractivity contribution in [2.75, 3.05) is 0 Å². The Morgan fingerprint density at radius 2 is 2.12 bits per heavy atom. The smallest absolute Gasteiger partial charge is 0.273 e. The summed E-state index contributed by atoms with van der Waals surface area (Å²) < 4.78 is 5.33. The first-order valence-corrected chi connectivity index (χ1v) is 5.91. The number of hydrogen-bond acceptors (Lipinski definition) is 2. The number of fused-ring (bicyclic) bond motifs is 5. The largest absolute Gasteiger partial charge is 0.358 e. The highest BCUT2D eigenvalue weighted by atomic mass is 16.7. The topological polar surface area (TPSA) is 67.7 Å². The first-order valence-electron chi connectivity index (χ1n) is 5.91. The van der Waals surface area contributed by atoms with Gasteiger partial charge in [0.25, 0.3) is 5.52 Å². The molecule has 2 N–H and O–H groups in total. The maximum absolute atomic E-state index is 11.4. The lowest BCUT2D eigenvalue weighted by Crippen LogP contribution is -2.08. The first kappa shape index (κ1) is 9.04. The highest BCUT2D eigenvalue weighted by molar-refractivity contribution is 6.04. The Bertz CT molecular complexity index is 778. The molecule has 5 heteroatoms.